The number of aliphatic carboxylic acids is 1. The van der Waals surface area contributed by atoms with E-state index in [-0.39, 0.29) is 18.5 Å². The number of benzene rings is 1. The van der Waals surface area contributed by atoms with Crippen molar-refractivity contribution < 1.29 is 54.1 Å². The van der Waals surface area contributed by atoms with Crippen molar-refractivity contribution in [2.45, 2.75) is 48.8 Å². The molecule has 2 aliphatic heterocycles. The first kappa shape index (κ1) is 29.5. The molecule has 38 heavy (non-hydrogen) atoms. The minimum absolute atomic E-state index is 0.0416. The number of carboxylic acids is 1. The van der Waals surface area contributed by atoms with Crippen molar-refractivity contribution >= 4 is 36.0 Å². The molecule has 15 heteroatoms. The van der Waals surface area contributed by atoms with Crippen LogP contribution in [-0.4, -0.2) is 109 Å². The van der Waals surface area contributed by atoms with Crippen molar-refractivity contribution in [3.05, 3.63) is 52.4 Å². The van der Waals surface area contributed by atoms with Gasteiger partial charge in [0.2, 0.25) is 11.6 Å². The Bertz CT molecular complexity index is 1090. The zero-order valence-electron chi connectivity index (χ0n) is 20.2. The van der Waals surface area contributed by atoms with Crippen LogP contribution in [0.3, 0.4) is 0 Å². The molecule has 3 rings (SSSR count). The van der Waals surface area contributed by atoms with Gasteiger partial charge in [0.15, 0.2) is 17.8 Å². The average molecular weight is 556 g/mol. The first-order valence-corrected chi connectivity index (χ1v) is 12.6. The van der Waals surface area contributed by atoms with Gasteiger partial charge in [0.25, 0.3) is 0 Å². The van der Waals surface area contributed by atoms with Crippen LogP contribution in [0, 0.1) is 5.21 Å². The number of ether oxygens (including phenoxy) is 1. The molecular formula is C23H29N3O11S. The van der Waals surface area contributed by atoms with E-state index >= 15 is 0 Å². The predicted molar refractivity (Wildman–Crippen MR) is 131 cm³/mol. The molecule has 2 amide bonds. The van der Waals surface area contributed by atoms with E-state index in [2.05, 4.69) is 10.6 Å². The van der Waals surface area contributed by atoms with E-state index in [0.717, 1.165) is 0 Å². The Labute approximate surface area is 221 Å². The van der Waals surface area contributed by atoms with Gasteiger partial charge in [-0.2, -0.15) is 0 Å². The third kappa shape index (κ3) is 5.99. The Morgan fingerprint density at radius 1 is 1.24 bits per heavy atom. The number of thioether (sulfide) groups is 1. The number of aliphatic hydroxyl groups excluding tert-OH is 4. The molecule has 7 N–H and O–H groups in total. The van der Waals surface area contributed by atoms with Crippen LogP contribution in [0.5, 0.6) is 0 Å². The minimum atomic E-state index is -2.05. The number of rotatable bonds is 11. The van der Waals surface area contributed by atoms with Crippen LogP contribution >= 0.6 is 11.8 Å². The lowest BCUT2D eigenvalue weighted by atomic mass is 10.0. The standard InChI is InChI=1S/C23H29N3O11S/c1-11-10-38-21-13(7-26(21,36)17(11)22(33)34)24-20(32)16(12-5-3-2-4-6-12)25-23(35)37-19(15(30)9-28)18(31)14(29)8-27/h2-6,9,13-16,18-19,21,27,29-31H,7-8,10H2,1H3,(H,24,32)(H,25,35)(H,33,34)/t13?,14-,15+,16?,18-,19-,21?,26?/m1/s1. The van der Waals surface area contributed by atoms with Crippen molar-refractivity contribution in [2.75, 3.05) is 18.9 Å². The molecule has 2 heterocycles. The highest BCUT2D eigenvalue weighted by atomic mass is 32.2. The number of amides is 2. The highest BCUT2D eigenvalue weighted by Gasteiger charge is 2.57. The van der Waals surface area contributed by atoms with E-state index in [1.54, 1.807) is 25.1 Å². The highest BCUT2D eigenvalue weighted by Crippen LogP contribution is 2.46. The van der Waals surface area contributed by atoms with Gasteiger partial charge in [-0.15, -0.1) is 0 Å². The Morgan fingerprint density at radius 3 is 2.47 bits per heavy atom. The van der Waals surface area contributed by atoms with Gasteiger partial charge < -0.3 is 55.6 Å². The molecule has 208 valence electrons. The summed E-state index contributed by atoms with van der Waals surface area (Å²) in [7, 11) is 0. The molecule has 2 aliphatic rings. The molecule has 4 unspecified atom stereocenters. The van der Waals surface area contributed by atoms with Crippen molar-refractivity contribution in [3.8, 4) is 0 Å². The fourth-order valence-electron chi connectivity index (χ4n) is 4.39. The smallest absolute Gasteiger partial charge is 0.408 e. The third-order valence-corrected chi connectivity index (χ3v) is 7.91. The Hall–Kier alpha value is -3.05. The Morgan fingerprint density at radius 2 is 1.89 bits per heavy atom. The van der Waals surface area contributed by atoms with E-state index in [9.17, 15) is 44.8 Å². The second kappa shape index (κ2) is 12.2. The van der Waals surface area contributed by atoms with Crippen molar-refractivity contribution in [1.82, 2.24) is 10.6 Å². The molecule has 14 nitrogen and oxygen atoms in total. The zero-order valence-corrected chi connectivity index (χ0v) is 21.0. The summed E-state index contributed by atoms with van der Waals surface area (Å²) in [5.41, 5.74) is 0.487. The maximum atomic E-state index is 13.2. The van der Waals surface area contributed by atoms with Gasteiger partial charge >= 0.3 is 12.1 Å². The lowest BCUT2D eigenvalue weighted by molar-refractivity contribution is -0.895. The maximum Gasteiger partial charge on any atom is 0.408 e. The number of hydroxylamine groups is 3. The second-order valence-electron chi connectivity index (χ2n) is 8.95. The number of hydrogen-bond donors (Lipinski definition) is 7. The molecule has 0 bridgehead atoms. The van der Waals surface area contributed by atoms with Gasteiger partial charge in [-0.3, -0.25) is 4.79 Å². The number of aliphatic hydroxyl groups is 4. The molecule has 8 atom stereocenters. The van der Waals surface area contributed by atoms with Gasteiger partial charge in [0, 0.05) is 11.3 Å². The first-order valence-electron chi connectivity index (χ1n) is 11.5. The molecule has 0 saturated carbocycles. The number of fused-ring (bicyclic) bond motifs is 1. The van der Waals surface area contributed by atoms with E-state index in [4.69, 9.17) is 9.84 Å². The Kier molecular flexibility index (Phi) is 9.48. The molecule has 1 saturated heterocycles. The lowest BCUT2D eigenvalue weighted by Gasteiger charge is -2.61. The number of alkyl carbamates (subject to hydrolysis) is 1. The van der Waals surface area contributed by atoms with Crippen LogP contribution in [0.4, 0.5) is 4.79 Å². The number of aldehydes is 1. The second-order valence-corrected chi connectivity index (χ2v) is 10.1. The van der Waals surface area contributed by atoms with Crippen LogP contribution in [0.25, 0.3) is 0 Å². The molecule has 1 aromatic rings. The number of carbonyl (C=O) groups excluding carboxylic acids is 3. The predicted octanol–water partition coefficient (Wildman–Crippen LogP) is -1.66. The van der Waals surface area contributed by atoms with Crippen LogP contribution in [0.2, 0.25) is 0 Å². The average Bonchev–Trinajstić information content (AvgIpc) is 2.88. The van der Waals surface area contributed by atoms with Crippen LogP contribution in [-0.2, 0) is 19.1 Å². The molecule has 0 spiro atoms. The van der Waals surface area contributed by atoms with Crippen LogP contribution in [0.15, 0.2) is 41.6 Å². The molecule has 1 aromatic carbocycles. The third-order valence-electron chi connectivity index (χ3n) is 6.30. The summed E-state index contributed by atoms with van der Waals surface area (Å²) in [5, 5.41) is 65.4. The summed E-state index contributed by atoms with van der Waals surface area (Å²) in [5.74, 6) is -1.77. The van der Waals surface area contributed by atoms with Crippen LogP contribution in [0.1, 0.15) is 18.5 Å². The first-order chi connectivity index (χ1) is 17.9. The topological polar surface area (TPSA) is 226 Å². The number of quaternary nitrogens is 1. The lowest BCUT2D eigenvalue weighted by Crippen LogP contribution is -2.75. The van der Waals surface area contributed by atoms with Crippen molar-refractivity contribution in [3.63, 3.8) is 0 Å². The quantitative estimate of drug-likeness (QED) is 0.0925. The fourth-order valence-corrected chi connectivity index (χ4v) is 5.77. The normalized spacial score (nSPS) is 26.5. The van der Waals surface area contributed by atoms with E-state index in [1.165, 1.54) is 23.9 Å². The zero-order chi connectivity index (χ0) is 28.2. The summed E-state index contributed by atoms with van der Waals surface area (Å²) in [6.45, 7) is 0.387. The molecular weight excluding hydrogens is 526 g/mol. The highest BCUT2D eigenvalue weighted by molar-refractivity contribution is 8.00. The monoisotopic (exact) mass is 555 g/mol. The minimum Gasteiger partial charge on any atom is -0.626 e. The summed E-state index contributed by atoms with van der Waals surface area (Å²) in [4.78, 5) is 48.6. The molecule has 0 radical (unpaired) electrons. The van der Waals surface area contributed by atoms with E-state index < -0.39 is 71.1 Å². The molecule has 1 fully saturated rings. The number of hydrogen-bond acceptors (Lipinski definition) is 11. The van der Waals surface area contributed by atoms with Gasteiger partial charge in [0.05, 0.1) is 6.61 Å². The van der Waals surface area contributed by atoms with Gasteiger partial charge in [-0.05, 0) is 12.5 Å². The number of nitrogens with one attached hydrogen (secondary N) is 2. The number of nitrogens with zero attached hydrogens (tertiary/aromatic N) is 1. The largest absolute Gasteiger partial charge is 0.626 e. The SMILES string of the molecule is CC1=C(C(=O)O)[N+]2([O-])CC(NC(=O)C(NC(=O)O[C@@H]([C@H](O)[C@H](O)CO)[C@@H](O)C=O)c3ccccc3)C2SC1. The fraction of sp³-hybridized carbons (Fsp3) is 0.478. The summed E-state index contributed by atoms with van der Waals surface area (Å²) in [6.07, 6.45) is -9.29. The summed E-state index contributed by atoms with van der Waals surface area (Å²) >= 11 is 1.21. The van der Waals surface area contributed by atoms with Crippen molar-refractivity contribution in [1.29, 1.82) is 0 Å². The Balaban J connectivity index is 1.76. The maximum absolute atomic E-state index is 13.2. The number of carbonyl (C=O) groups is 4. The van der Waals surface area contributed by atoms with Crippen molar-refractivity contribution in [2.24, 2.45) is 0 Å². The molecule has 0 aromatic heterocycles. The summed E-state index contributed by atoms with van der Waals surface area (Å²) in [6, 6.07) is 5.79. The van der Waals surface area contributed by atoms with E-state index in [0.29, 0.717) is 16.9 Å². The van der Waals surface area contributed by atoms with Gasteiger partial charge in [0.1, 0.15) is 36.9 Å². The van der Waals surface area contributed by atoms with E-state index in [1.807, 2.05) is 0 Å². The van der Waals surface area contributed by atoms with Crippen LogP contribution < -0.4 is 10.6 Å². The summed E-state index contributed by atoms with van der Waals surface area (Å²) < 4.78 is 3.83. The van der Waals surface area contributed by atoms with Gasteiger partial charge in [-0.1, -0.05) is 42.1 Å². The number of carboxylic acid groups (broad SMARTS) is 1. The van der Waals surface area contributed by atoms with Gasteiger partial charge in [-0.25, -0.2) is 9.59 Å². The molecule has 0 aliphatic carbocycles.